The Morgan fingerprint density at radius 3 is 1.10 bits per heavy atom. The van der Waals surface area contributed by atoms with E-state index in [1.165, 1.54) is 18.8 Å². The van der Waals surface area contributed by atoms with Crippen LogP contribution in [0.1, 0.15) is 55.4 Å². The molecule has 0 amide bonds. The summed E-state index contributed by atoms with van der Waals surface area (Å²) in [5, 5.41) is 7.00. The standard InChI is InChI=1S/C20H26N2O4.C12H17NO3.C9H12O3.CH4O.H2O4S/c1-13(2)9-15-11-17(23)25-19(15)21-5-7-22(8-6-21)20-16(10-14(3)4)12-18(24)26-20;1-9(2)7-10-8-11(14)16-12(10)13-3-5-15-6-4-13;1-6(2)4-7-5-8(10)12-9(7)11-3;1-2;1-5(2,3)4/h9-12,19-20H,5-8H2,1-4H3;7-8,12H,3-6H2,1-2H3;4-5,9H,1-3H3;2H,1H3;(H2,1,2,3,4). The second-order valence-electron chi connectivity index (χ2n) is 15.0. The van der Waals surface area contributed by atoms with Gasteiger partial charge in [-0.3, -0.25) is 23.8 Å². The molecule has 0 aromatic carbocycles. The maximum Gasteiger partial charge on any atom is 0.394 e. The molecule has 0 bridgehead atoms. The third-order valence-corrected chi connectivity index (χ3v) is 8.60. The van der Waals surface area contributed by atoms with E-state index in [9.17, 15) is 19.2 Å². The predicted molar refractivity (Wildman–Crippen MR) is 224 cm³/mol. The number of hydrogen-bond donors (Lipinski definition) is 3. The van der Waals surface area contributed by atoms with Crippen LogP contribution in [-0.4, -0.2) is 153 Å². The van der Waals surface area contributed by atoms with E-state index >= 15 is 0 Å². The molecule has 6 aliphatic heterocycles. The number of ether oxygens (including phenoxy) is 6. The van der Waals surface area contributed by atoms with E-state index in [2.05, 4.69) is 14.7 Å². The molecular formula is C42H61N3O15S. The van der Waals surface area contributed by atoms with E-state index in [0.717, 1.165) is 85.4 Å². The number of esters is 4. The molecule has 4 unspecified atom stereocenters. The van der Waals surface area contributed by atoms with Gasteiger partial charge in [-0.05, 0) is 55.4 Å². The van der Waals surface area contributed by atoms with Crippen molar-refractivity contribution in [2.45, 2.75) is 80.4 Å². The molecule has 18 nitrogen and oxygen atoms in total. The average molecular weight is 880 g/mol. The quantitative estimate of drug-likeness (QED) is 0.180. The van der Waals surface area contributed by atoms with Gasteiger partial charge < -0.3 is 33.5 Å². The lowest BCUT2D eigenvalue weighted by Crippen LogP contribution is -2.54. The van der Waals surface area contributed by atoms with E-state index in [4.69, 9.17) is 51.1 Å². The lowest BCUT2D eigenvalue weighted by Gasteiger charge is -2.39. The van der Waals surface area contributed by atoms with Crippen molar-refractivity contribution in [2.75, 3.05) is 66.7 Å². The van der Waals surface area contributed by atoms with Gasteiger partial charge in [-0.2, -0.15) is 8.42 Å². The minimum atomic E-state index is -4.67. The molecule has 0 aromatic rings. The Hall–Kier alpha value is -4.57. The van der Waals surface area contributed by atoms with Gasteiger partial charge >= 0.3 is 34.3 Å². The Balaban J connectivity index is 0.000000312. The number of cyclic esters (lactones) is 4. The van der Waals surface area contributed by atoms with E-state index in [-0.39, 0.29) is 42.6 Å². The Labute approximate surface area is 358 Å². The molecule has 3 N–H and O–H groups in total. The largest absolute Gasteiger partial charge is 0.439 e. The van der Waals surface area contributed by atoms with Crippen molar-refractivity contribution in [1.82, 2.24) is 14.7 Å². The SMILES string of the molecule is CC(C)=CC1=CC(=O)OC1N1CCN(C2OC(=O)C=C2C=C(C)C)CC1.CC(C)=CC1=CC(=O)OC1N1CCOCC1.CO.COC1OC(=O)C=C1C=C(C)C.O=S(=O)(O)O. The summed E-state index contributed by atoms with van der Waals surface area (Å²) in [5.41, 5.74) is 8.08. The highest BCUT2D eigenvalue weighted by molar-refractivity contribution is 7.79. The van der Waals surface area contributed by atoms with Crippen LogP contribution in [0.25, 0.3) is 0 Å². The van der Waals surface area contributed by atoms with Gasteiger partial charge in [-0.15, -0.1) is 0 Å². The monoisotopic (exact) mass is 879 g/mol. The van der Waals surface area contributed by atoms with Crippen LogP contribution in [0.2, 0.25) is 0 Å². The fraction of sp³-hybridized carbons (Fsp3) is 0.524. The van der Waals surface area contributed by atoms with Crippen LogP contribution < -0.4 is 0 Å². The number of nitrogens with zero attached hydrogens (tertiary/aromatic N) is 3. The summed E-state index contributed by atoms with van der Waals surface area (Å²) < 4.78 is 62.9. The molecule has 0 radical (unpaired) electrons. The first kappa shape index (κ1) is 52.6. The zero-order chi connectivity index (χ0) is 46.0. The molecule has 2 saturated heterocycles. The number of hydrogen-bond acceptors (Lipinski definition) is 16. The Bertz CT molecular complexity index is 1840. The summed E-state index contributed by atoms with van der Waals surface area (Å²) in [6.07, 6.45) is 12.7. The van der Waals surface area contributed by atoms with E-state index < -0.39 is 16.7 Å². The molecule has 4 atom stereocenters. The van der Waals surface area contributed by atoms with E-state index in [1.807, 2.05) is 79.7 Å². The molecule has 6 rings (SSSR count). The van der Waals surface area contributed by atoms with Crippen LogP contribution in [0.15, 0.2) is 93.2 Å². The van der Waals surface area contributed by atoms with Crippen molar-refractivity contribution in [3.8, 4) is 0 Å². The molecule has 340 valence electrons. The predicted octanol–water partition coefficient (Wildman–Crippen LogP) is 3.61. The minimum absolute atomic E-state index is 0.216. The molecule has 0 aromatic heterocycles. The average Bonchev–Trinajstić information content (AvgIpc) is 3.93. The van der Waals surface area contributed by atoms with Crippen LogP contribution in [-0.2, 0) is 58.0 Å². The molecule has 2 fully saturated rings. The van der Waals surface area contributed by atoms with Gasteiger partial charge in [-0.1, -0.05) is 46.6 Å². The van der Waals surface area contributed by atoms with Crippen molar-refractivity contribution < 1.29 is 70.2 Å². The number of morpholine rings is 1. The minimum Gasteiger partial charge on any atom is -0.439 e. The first-order valence-electron chi connectivity index (χ1n) is 19.4. The second kappa shape index (κ2) is 25.4. The normalized spacial score (nSPS) is 23.6. The third-order valence-electron chi connectivity index (χ3n) is 8.60. The first-order chi connectivity index (χ1) is 28.6. The number of methoxy groups -OCH3 is 1. The van der Waals surface area contributed by atoms with Gasteiger partial charge in [0.15, 0.2) is 18.7 Å². The van der Waals surface area contributed by atoms with Gasteiger partial charge in [-0.25, -0.2) is 19.2 Å². The third kappa shape index (κ3) is 18.9. The van der Waals surface area contributed by atoms with Crippen LogP contribution in [0, 0.1) is 0 Å². The molecule has 0 spiro atoms. The molecular weight excluding hydrogens is 819 g/mol. The first-order valence-corrected chi connectivity index (χ1v) is 20.8. The zero-order valence-electron chi connectivity index (χ0n) is 36.6. The van der Waals surface area contributed by atoms with Gasteiger partial charge in [0.05, 0.1) is 13.2 Å². The number of carbonyl (C=O) groups is 4. The topological polar surface area (TPSA) is 228 Å². The molecule has 19 heteroatoms. The summed E-state index contributed by atoms with van der Waals surface area (Å²) in [5.74, 6) is -1.16. The number of rotatable bonds is 8. The van der Waals surface area contributed by atoms with E-state index in [0.29, 0.717) is 13.2 Å². The van der Waals surface area contributed by atoms with Crippen LogP contribution >= 0.6 is 0 Å². The maximum absolute atomic E-state index is 11.7. The summed E-state index contributed by atoms with van der Waals surface area (Å²) >= 11 is 0. The highest BCUT2D eigenvalue weighted by Gasteiger charge is 2.37. The van der Waals surface area contributed by atoms with Gasteiger partial charge in [0.2, 0.25) is 6.29 Å². The molecule has 6 aliphatic rings. The van der Waals surface area contributed by atoms with Gasteiger partial charge in [0, 0.05) is 100 Å². The Kier molecular flexibility index (Phi) is 21.9. The summed E-state index contributed by atoms with van der Waals surface area (Å²) in [6.45, 7) is 21.9. The van der Waals surface area contributed by atoms with Crippen molar-refractivity contribution in [3.63, 3.8) is 0 Å². The van der Waals surface area contributed by atoms with Gasteiger partial charge in [0.25, 0.3) is 0 Å². The maximum atomic E-state index is 11.7. The van der Waals surface area contributed by atoms with Crippen molar-refractivity contribution >= 4 is 34.3 Å². The van der Waals surface area contributed by atoms with Crippen molar-refractivity contribution in [1.29, 1.82) is 0 Å². The zero-order valence-corrected chi connectivity index (χ0v) is 37.4. The van der Waals surface area contributed by atoms with E-state index in [1.54, 1.807) is 18.2 Å². The lowest BCUT2D eigenvalue weighted by atomic mass is 10.1. The highest BCUT2D eigenvalue weighted by Crippen LogP contribution is 2.27. The van der Waals surface area contributed by atoms with Crippen LogP contribution in [0.4, 0.5) is 0 Å². The number of aliphatic hydroxyl groups excluding tert-OH is 1. The van der Waals surface area contributed by atoms with Crippen LogP contribution in [0.3, 0.4) is 0 Å². The number of aliphatic hydroxyl groups is 1. The molecule has 6 heterocycles. The van der Waals surface area contributed by atoms with Crippen molar-refractivity contribution in [3.05, 3.63) is 93.2 Å². The second-order valence-corrected chi connectivity index (χ2v) is 15.9. The number of allylic oxidation sites excluding steroid dienone is 4. The number of piperazine rings is 1. The highest BCUT2D eigenvalue weighted by atomic mass is 32.3. The summed E-state index contributed by atoms with van der Waals surface area (Å²) in [4.78, 5) is 52.0. The molecule has 61 heavy (non-hydrogen) atoms. The number of carbonyl (C=O) groups excluding carboxylic acids is 4. The van der Waals surface area contributed by atoms with Crippen molar-refractivity contribution in [2.24, 2.45) is 0 Å². The van der Waals surface area contributed by atoms with Gasteiger partial charge in [0.1, 0.15) is 0 Å². The molecule has 0 aliphatic carbocycles. The summed E-state index contributed by atoms with van der Waals surface area (Å²) in [6, 6.07) is 0. The summed E-state index contributed by atoms with van der Waals surface area (Å²) in [7, 11) is -2.16. The Morgan fingerprint density at radius 1 is 0.541 bits per heavy atom. The fourth-order valence-electron chi connectivity index (χ4n) is 6.51. The Morgan fingerprint density at radius 2 is 0.803 bits per heavy atom. The molecule has 0 saturated carbocycles. The fourth-order valence-corrected chi connectivity index (χ4v) is 6.51. The van der Waals surface area contributed by atoms with Crippen LogP contribution in [0.5, 0.6) is 0 Å². The lowest BCUT2D eigenvalue weighted by molar-refractivity contribution is -0.155. The smallest absolute Gasteiger partial charge is 0.394 e.